The number of fused-ring (bicyclic) bond motifs is 1. The van der Waals surface area contributed by atoms with E-state index < -0.39 is 63.8 Å². The van der Waals surface area contributed by atoms with E-state index in [-0.39, 0.29) is 41.4 Å². The SMILES string of the molecule is COc1ccc(COC(=O)C2=C(C[N+]3(CCNC(=S)c4ccc(OCc5ccc(OC)cc5)c(OCc5ccc(OC)cc5)c4Cl)CCCC3)CS[C@@H]3[C@H](NC(=O)/C(=N\OC(C)(C)C(=O)OC(C)(C)C)c4csc(NC(=O)OC(C)(C)C)n4)C(=O)N23)cc1. The van der Waals surface area contributed by atoms with Gasteiger partial charge < -0.3 is 57.8 Å². The van der Waals surface area contributed by atoms with Gasteiger partial charge >= 0.3 is 18.0 Å². The zero-order chi connectivity index (χ0) is 63.6. The number of amides is 3. The number of carbonyl (C=O) groups excluding carboxylic acids is 5. The fraction of sp³-hybridized carbons (Fsp3) is 0.429. The van der Waals surface area contributed by atoms with Crippen molar-refractivity contribution in [1.82, 2.24) is 20.5 Å². The number of methoxy groups -OCH3 is 3. The monoisotopic (exact) mass is 1280 g/mol. The van der Waals surface area contributed by atoms with Crippen LogP contribution in [0.4, 0.5) is 9.93 Å². The topological polar surface area (TPSA) is 233 Å². The molecule has 0 unspecified atom stereocenters. The van der Waals surface area contributed by atoms with Crippen molar-refractivity contribution in [3.63, 3.8) is 0 Å². The number of aromatic nitrogens is 1. The van der Waals surface area contributed by atoms with Gasteiger partial charge in [-0.15, -0.1) is 23.1 Å². The van der Waals surface area contributed by atoms with E-state index in [0.29, 0.717) is 74.6 Å². The Bertz CT molecular complexity index is 3410. The molecule has 1 aromatic heterocycles. The highest BCUT2D eigenvalue weighted by molar-refractivity contribution is 8.00. The van der Waals surface area contributed by atoms with Gasteiger partial charge in [0.25, 0.3) is 11.8 Å². The van der Waals surface area contributed by atoms with Crippen LogP contribution >= 0.6 is 46.9 Å². The number of hydrogen-bond donors (Lipinski definition) is 3. The van der Waals surface area contributed by atoms with Crippen LogP contribution in [0.2, 0.25) is 5.02 Å². The maximum Gasteiger partial charge on any atom is 0.413 e. The molecule has 0 bridgehead atoms. The lowest BCUT2D eigenvalue weighted by atomic mass is 10.0. The minimum Gasteiger partial charge on any atom is -0.497 e. The molecule has 5 aromatic rings. The Hall–Kier alpha value is -7.64. The molecule has 470 valence electrons. The summed E-state index contributed by atoms with van der Waals surface area (Å²) in [6.45, 7) is 16.4. The standard InChI is InChI=1S/C63H74ClN7O14S3/c1-61(2,3)83-58(75)63(7,8)85-69-49(46-37-88-59(66-46)68-60(76)84-62(4,5)6)53(72)67-50-55(73)70-51(57(74)82-35-40-18-24-44(79-11)25-19-40)41(36-87-56(50)70)32-71(29-12-13-30-71)31-28-65-54(86)45-26-27-47(80-33-38-14-20-42(77-9)21-15-38)52(48(45)64)81-34-39-16-22-43(78-10)23-17-39/h14-27,37,50,56H,12-13,28-36H2,1-11H3,(H2-,65,66,67,68,72,76,86)/p+1/b69-49-/t50-,56-/m1/s1. The predicted molar refractivity (Wildman–Crippen MR) is 339 cm³/mol. The Morgan fingerprint density at radius 3 is 1.91 bits per heavy atom. The molecule has 3 N–H and O–H groups in total. The number of carbonyl (C=O) groups is 5. The van der Waals surface area contributed by atoms with Gasteiger partial charge in [0, 0.05) is 35.1 Å². The third-order valence-electron chi connectivity index (χ3n) is 14.2. The first kappa shape index (κ1) is 66.3. The Morgan fingerprint density at radius 1 is 0.773 bits per heavy atom. The summed E-state index contributed by atoms with van der Waals surface area (Å²) in [6.07, 6.45) is 1.08. The Labute approximate surface area is 531 Å². The van der Waals surface area contributed by atoms with Gasteiger partial charge in [-0.05, 0) is 121 Å². The van der Waals surface area contributed by atoms with Crippen molar-refractivity contribution < 1.29 is 71.2 Å². The second-order valence-electron chi connectivity index (χ2n) is 23.6. The summed E-state index contributed by atoms with van der Waals surface area (Å²) in [5.41, 5.74) is 0.0375. The summed E-state index contributed by atoms with van der Waals surface area (Å²) in [4.78, 5) is 81.7. The number of thiazole rings is 1. The van der Waals surface area contributed by atoms with Crippen molar-refractivity contribution in [2.75, 3.05) is 65.1 Å². The quantitative estimate of drug-likeness (QED) is 0.00938. The van der Waals surface area contributed by atoms with E-state index in [2.05, 4.69) is 26.1 Å². The lowest BCUT2D eigenvalue weighted by molar-refractivity contribution is -0.911. The van der Waals surface area contributed by atoms with E-state index in [4.69, 9.17) is 66.6 Å². The van der Waals surface area contributed by atoms with Crippen LogP contribution in [0, 0.1) is 0 Å². The first-order valence-electron chi connectivity index (χ1n) is 28.5. The van der Waals surface area contributed by atoms with E-state index in [1.165, 1.54) is 35.9 Å². The first-order valence-corrected chi connectivity index (χ1v) is 31.2. The van der Waals surface area contributed by atoms with Crippen molar-refractivity contribution in [2.24, 2.45) is 5.16 Å². The number of rotatable bonds is 25. The lowest BCUT2D eigenvalue weighted by Gasteiger charge is -2.50. The van der Waals surface area contributed by atoms with Crippen molar-refractivity contribution in [3.8, 4) is 28.7 Å². The number of anilines is 1. The number of oxime groups is 1. The highest BCUT2D eigenvalue weighted by Gasteiger charge is 2.56. The molecule has 2 atom stereocenters. The maximum atomic E-state index is 14.7. The molecule has 25 heteroatoms. The average molecular weight is 1290 g/mol. The highest BCUT2D eigenvalue weighted by Crippen LogP contribution is 2.43. The van der Waals surface area contributed by atoms with Crippen LogP contribution in [0.1, 0.15) is 96.2 Å². The third-order valence-corrected chi connectivity index (χ3v) is 17.0. The molecule has 21 nitrogen and oxygen atoms in total. The number of hydrogen-bond acceptors (Lipinski definition) is 19. The number of nitrogens with one attached hydrogen (secondary N) is 3. The molecule has 0 aliphatic carbocycles. The molecule has 8 rings (SSSR count). The minimum absolute atomic E-state index is 0.0415. The van der Waals surface area contributed by atoms with Gasteiger partial charge in [0.15, 0.2) is 22.3 Å². The fourth-order valence-electron chi connectivity index (χ4n) is 9.67. The number of likely N-dealkylation sites (tertiary alicyclic amines) is 1. The number of quaternary nitrogens is 1. The van der Waals surface area contributed by atoms with Gasteiger partial charge in [-0.3, -0.25) is 19.8 Å². The number of benzene rings is 4. The zero-order valence-corrected chi connectivity index (χ0v) is 54.4. The summed E-state index contributed by atoms with van der Waals surface area (Å²) in [6, 6.07) is 24.6. The van der Waals surface area contributed by atoms with Crippen molar-refractivity contribution in [1.29, 1.82) is 0 Å². The van der Waals surface area contributed by atoms with Crippen LogP contribution in [-0.4, -0.2) is 143 Å². The molecular weight excluding hydrogens is 1210 g/mol. The summed E-state index contributed by atoms with van der Waals surface area (Å²) >= 11 is 15.6. The molecule has 3 amide bonds. The number of nitrogens with zero attached hydrogens (tertiary/aromatic N) is 4. The summed E-state index contributed by atoms with van der Waals surface area (Å²) in [7, 11) is 4.78. The number of β-lactam (4-membered cyclic amide) rings is 1. The van der Waals surface area contributed by atoms with Crippen LogP contribution in [0.3, 0.4) is 0 Å². The molecule has 0 saturated carbocycles. The zero-order valence-electron chi connectivity index (χ0n) is 51.2. The van der Waals surface area contributed by atoms with Crippen molar-refractivity contribution >= 4 is 92.6 Å². The van der Waals surface area contributed by atoms with Gasteiger partial charge in [0.2, 0.25) is 5.60 Å². The Morgan fingerprint density at radius 2 is 1.34 bits per heavy atom. The van der Waals surface area contributed by atoms with Gasteiger partial charge in [-0.1, -0.05) is 65.4 Å². The van der Waals surface area contributed by atoms with Crippen molar-refractivity contribution in [3.05, 3.63) is 135 Å². The van der Waals surface area contributed by atoms with Crippen LogP contribution in [0.15, 0.2) is 107 Å². The first-order chi connectivity index (χ1) is 41.8. The van der Waals surface area contributed by atoms with Crippen LogP contribution < -0.4 is 39.6 Å². The second kappa shape index (κ2) is 28.7. The van der Waals surface area contributed by atoms with Crippen molar-refractivity contribution in [2.45, 2.75) is 116 Å². The molecule has 0 spiro atoms. The minimum atomic E-state index is -1.69. The summed E-state index contributed by atoms with van der Waals surface area (Å²) in [5.74, 6) is 0.243. The molecule has 0 radical (unpaired) electrons. The smallest absolute Gasteiger partial charge is 0.413 e. The number of halogens is 1. The van der Waals surface area contributed by atoms with Crippen LogP contribution in [0.25, 0.3) is 0 Å². The van der Waals surface area contributed by atoms with Gasteiger partial charge in [0.05, 0.1) is 52.5 Å². The summed E-state index contributed by atoms with van der Waals surface area (Å²) < 4.78 is 46.3. The molecule has 3 aliphatic rings. The van der Waals surface area contributed by atoms with E-state index >= 15 is 0 Å². The van der Waals surface area contributed by atoms with E-state index in [0.717, 1.165) is 54.1 Å². The molecule has 4 aromatic carbocycles. The highest BCUT2D eigenvalue weighted by atomic mass is 35.5. The third kappa shape index (κ3) is 17.2. The molecule has 4 heterocycles. The van der Waals surface area contributed by atoms with Gasteiger partial charge in [-0.2, -0.15) is 0 Å². The number of thiocarbonyl (C=S) groups is 1. The fourth-order valence-corrected chi connectivity index (χ4v) is 12.3. The maximum absolute atomic E-state index is 14.7. The van der Waals surface area contributed by atoms with E-state index in [1.54, 1.807) is 93.2 Å². The van der Waals surface area contributed by atoms with Crippen LogP contribution in [-0.2, 0) is 58.0 Å². The molecule has 3 aliphatic heterocycles. The number of ether oxygens (including phenoxy) is 8. The molecular formula is C63H75ClN7O14S3+. The molecule has 2 fully saturated rings. The van der Waals surface area contributed by atoms with Gasteiger partial charge in [0.1, 0.15) is 82.6 Å². The average Bonchev–Trinajstić information content (AvgIpc) is 0.831. The summed E-state index contributed by atoms with van der Waals surface area (Å²) in [5, 5.41) is 14.0. The Kier molecular flexibility index (Phi) is 21.6. The predicted octanol–water partition coefficient (Wildman–Crippen LogP) is 10.1. The van der Waals surface area contributed by atoms with E-state index in [1.807, 2.05) is 54.6 Å². The number of thioether (sulfide) groups is 1. The molecule has 88 heavy (non-hydrogen) atoms. The van der Waals surface area contributed by atoms with Crippen LogP contribution in [0.5, 0.6) is 28.7 Å². The Balaban J connectivity index is 1.02. The van der Waals surface area contributed by atoms with Gasteiger partial charge in [-0.25, -0.2) is 19.4 Å². The molecule has 2 saturated heterocycles. The second-order valence-corrected chi connectivity index (χ2v) is 26.4. The van der Waals surface area contributed by atoms with E-state index in [9.17, 15) is 24.0 Å². The normalized spacial score (nSPS) is 16.5. The largest absolute Gasteiger partial charge is 0.497 e. The lowest BCUT2D eigenvalue weighted by Crippen LogP contribution is -2.71. The number of esters is 2.